The molecule has 0 radical (unpaired) electrons. The number of nitrogen functional groups attached to an aromatic ring is 1. The van der Waals surface area contributed by atoms with Crippen LogP contribution in [0, 0.1) is 6.92 Å². The minimum absolute atomic E-state index is 0.399. The monoisotopic (exact) mass is 287 g/mol. The highest BCUT2D eigenvalue weighted by Crippen LogP contribution is 2.42. The van der Waals surface area contributed by atoms with Gasteiger partial charge in [0.1, 0.15) is 4.88 Å². The lowest BCUT2D eigenvalue weighted by molar-refractivity contribution is 0.0607. The molecule has 0 unspecified atom stereocenters. The van der Waals surface area contributed by atoms with E-state index in [9.17, 15) is 4.79 Å². The summed E-state index contributed by atoms with van der Waals surface area (Å²) in [6.07, 6.45) is 0. The lowest BCUT2D eigenvalue weighted by Gasteiger charge is -1.96. The SMILES string of the molecule is COC(=O)c1sc(-c2ccc(Cl)s2)c(C)c1N. The Bertz CT molecular complexity index is 574. The second-order valence-electron chi connectivity index (χ2n) is 3.39. The van der Waals surface area contributed by atoms with Crippen molar-refractivity contribution in [3.63, 3.8) is 0 Å². The summed E-state index contributed by atoms with van der Waals surface area (Å²) < 4.78 is 5.41. The first-order valence-corrected chi connectivity index (χ1v) is 6.78. The second-order valence-corrected chi connectivity index (χ2v) is 6.13. The molecule has 0 saturated carbocycles. The van der Waals surface area contributed by atoms with Crippen molar-refractivity contribution in [3.05, 3.63) is 26.9 Å². The third kappa shape index (κ3) is 2.18. The largest absolute Gasteiger partial charge is 0.465 e. The number of ether oxygens (including phenoxy) is 1. The molecule has 2 rings (SSSR count). The van der Waals surface area contributed by atoms with Crippen LogP contribution in [0.3, 0.4) is 0 Å². The Morgan fingerprint density at radius 1 is 1.41 bits per heavy atom. The van der Waals surface area contributed by atoms with E-state index in [1.165, 1.54) is 29.8 Å². The van der Waals surface area contributed by atoms with Gasteiger partial charge < -0.3 is 10.5 Å². The Kier molecular flexibility index (Phi) is 3.42. The van der Waals surface area contributed by atoms with Gasteiger partial charge in [0.25, 0.3) is 0 Å². The predicted octanol–water partition coefficient (Wildman–Crippen LogP) is 3.81. The van der Waals surface area contributed by atoms with Crippen LogP contribution in [0.25, 0.3) is 9.75 Å². The average molecular weight is 288 g/mol. The molecule has 0 spiro atoms. The van der Waals surface area contributed by atoms with Gasteiger partial charge in [0.2, 0.25) is 0 Å². The molecule has 17 heavy (non-hydrogen) atoms. The number of hydrogen-bond donors (Lipinski definition) is 1. The smallest absolute Gasteiger partial charge is 0.350 e. The first-order valence-electron chi connectivity index (χ1n) is 4.77. The van der Waals surface area contributed by atoms with E-state index in [1.807, 2.05) is 19.1 Å². The molecule has 2 aromatic rings. The summed E-state index contributed by atoms with van der Waals surface area (Å²) in [4.78, 5) is 14.0. The molecule has 0 aromatic carbocycles. The van der Waals surface area contributed by atoms with Crippen molar-refractivity contribution < 1.29 is 9.53 Å². The van der Waals surface area contributed by atoms with Crippen LogP contribution in [-0.4, -0.2) is 13.1 Å². The molecule has 0 amide bonds. The Balaban J connectivity index is 2.53. The van der Waals surface area contributed by atoms with Gasteiger partial charge in [0.05, 0.1) is 22.0 Å². The maximum absolute atomic E-state index is 11.5. The summed E-state index contributed by atoms with van der Waals surface area (Å²) in [5, 5.41) is 0. The van der Waals surface area contributed by atoms with Gasteiger partial charge >= 0.3 is 5.97 Å². The molecular formula is C11H10ClNO2S2. The number of rotatable bonds is 2. The van der Waals surface area contributed by atoms with Crippen LogP contribution in [0.1, 0.15) is 15.2 Å². The summed E-state index contributed by atoms with van der Waals surface area (Å²) in [6.45, 7) is 1.89. The fourth-order valence-electron chi connectivity index (χ4n) is 1.44. The maximum Gasteiger partial charge on any atom is 0.350 e. The normalized spacial score (nSPS) is 10.5. The number of thiophene rings is 2. The van der Waals surface area contributed by atoms with Crippen molar-refractivity contribution >= 4 is 45.9 Å². The van der Waals surface area contributed by atoms with E-state index < -0.39 is 5.97 Å². The minimum atomic E-state index is -0.399. The van der Waals surface area contributed by atoms with Crippen LogP contribution >= 0.6 is 34.3 Å². The molecule has 0 saturated heterocycles. The molecule has 0 atom stereocenters. The van der Waals surface area contributed by atoms with Crippen LogP contribution < -0.4 is 5.73 Å². The van der Waals surface area contributed by atoms with Gasteiger partial charge in [-0.15, -0.1) is 22.7 Å². The first kappa shape index (κ1) is 12.4. The molecule has 90 valence electrons. The molecule has 6 heteroatoms. The van der Waals surface area contributed by atoms with E-state index in [2.05, 4.69) is 0 Å². The Morgan fingerprint density at radius 3 is 2.65 bits per heavy atom. The Morgan fingerprint density at radius 2 is 2.12 bits per heavy atom. The first-order chi connectivity index (χ1) is 8.04. The number of hydrogen-bond acceptors (Lipinski definition) is 5. The number of anilines is 1. The van der Waals surface area contributed by atoms with Crippen molar-refractivity contribution in [2.75, 3.05) is 12.8 Å². The summed E-state index contributed by atoms with van der Waals surface area (Å²) in [7, 11) is 1.35. The predicted molar refractivity (Wildman–Crippen MR) is 73.1 cm³/mol. The van der Waals surface area contributed by atoms with E-state index in [0.29, 0.717) is 14.9 Å². The highest BCUT2D eigenvalue weighted by Gasteiger charge is 2.20. The zero-order valence-electron chi connectivity index (χ0n) is 9.24. The highest BCUT2D eigenvalue weighted by atomic mass is 35.5. The van der Waals surface area contributed by atoms with E-state index >= 15 is 0 Å². The molecule has 0 fully saturated rings. The van der Waals surface area contributed by atoms with Gasteiger partial charge in [-0.1, -0.05) is 11.6 Å². The standard InChI is InChI=1S/C11H10ClNO2S2/c1-5-8(13)10(11(14)15-2)17-9(5)6-3-4-7(12)16-6/h3-4H,13H2,1-2H3. The van der Waals surface area contributed by atoms with Crippen LogP contribution in [0.15, 0.2) is 12.1 Å². The summed E-state index contributed by atoms with van der Waals surface area (Å²) in [5.74, 6) is -0.399. The van der Waals surface area contributed by atoms with Crippen LogP contribution in [0.5, 0.6) is 0 Å². The number of nitrogens with two attached hydrogens (primary N) is 1. The third-order valence-electron chi connectivity index (χ3n) is 2.36. The van der Waals surface area contributed by atoms with Crippen LogP contribution in [0.4, 0.5) is 5.69 Å². The number of methoxy groups -OCH3 is 1. The fraction of sp³-hybridized carbons (Fsp3) is 0.182. The summed E-state index contributed by atoms with van der Waals surface area (Å²) in [6, 6.07) is 3.75. The lowest BCUT2D eigenvalue weighted by Crippen LogP contribution is -2.01. The van der Waals surface area contributed by atoms with E-state index in [0.717, 1.165) is 15.3 Å². The minimum Gasteiger partial charge on any atom is -0.465 e. The van der Waals surface area contributed by atoms with E-state index in [1.54, 1.807) is 0 Å². The lowest BCUT2D eigenvalue weighted by atomic mass is 10.2. The highest BCUT2D eigenvalue weighted by molar-refractivity contribution is 7.25. The van der Waals surface area contributed by atoms with Crippen molar-refractivity contribution in [1.29, 1.82) is 0 Å². The number of halogens is 1. The Labute approximate surface area is 112 Å². The number of carbonyl (C=O) groups excluding carboxylic acids is 1. The van der Waals surface area contributed by atoms with Crippen molar-refractivity contribution in [1.82, 2.24) is 0 Å². The van der Waals surface area contributed by atoms with Crippen molar-refractivity contribution in [2.24, 2.45) is 0 Å². The zero-order chi connectivity index (χ0) is 12.6. The van der Waals surface area contributed by atoms with Gasteiger partial charge in [0, 0.05) is 4.88 Å². The van der Waals surface area contributed by atoms with Gasteiger partial charge in [-0.25, -0.2) is 4.79 Å². The number of esters is 1. The molecule has 0 aliphatic heterocycles. The van der Waals surface area contributed by atoms with Gasteiger partial charge in [0.15, 0.2) is 0 Å². The van der Waals surface area contributed by atoms with Gasteiger partial charge in [-0.2, -0.15) is 0 Å². The maximum atomic E-state index is 11.5. The van der Waals surface area contributed by atoms with E-state index in [-0.39, 0.29) is 0 Å². The average Bonchev–Trinajstić information content (AvgIpc) is 2.85. The molecule has 0 aliphatic rings. The molecule has 2 N–H and O–H groups in total. The summed E-state index contributed by atoms with van der Waals surface area (Å²) >= 11 is 8.70. The summed E-state index contributed by atoms with van der Waals surface area (Å²) in [5.41, 5.74) is 7.29. The fourth-order valence-corrected chi connectivity index (χ4v) is 3.80. The van der Waals surface area contributed by atoms with Crippen LogP contribution in [0.2, 0.25) is 4.34 Å². The molecule has 3 nitrogen and oxygen atoms in total. The van der Waals surface area contributed by atoms with Gasteiger partial charge in [-0.05, 0) is 24.6 Å². The third-order valence-corrected chi connectivity index (χ3v) is 5.06. The Hall–Kier alpha value is -1.04. The topological polar surface area (TPSA) is 52.3 Å². The number of carbonyl (C=O) groups is 1. The van der Waals surface area contributed by atoms with Crippen molar-refractivity contribution in [3.8, 4) is 9.75 Å². The van der Waals surface area contributed by atoms with Crippen LogP contribution in [-0.2, 0) is 4.74 Å². The zero-order valence-corrected chi connectivity index (χ0v) is 11.6. The molecule has 2 heterocycles. The molecule has 0 aliphatic carbocycles. The van der Waals surface area contributed by atoms with Gasteiger partial charge in [-0.3, -0.25) is 0 Å². The molecular weight excluding hydrogens is 278 g/mol. The van der Waals surface area contributed by atoms with Crippen molar-refractivity contribution in [2.45, 2.75) is 6.92 Å². The molecule has 2 aromatic heterocycles. The quantitative estimate of drug-likeness (QED) is 0.855. The second kappa shape index (κ2) is 4.68. The van der Waals surface area contributed by atoms with E-state index in [4.69, 9.17) is 22.1 Å². The molecule has 0 bridgehead atoms.